The van der Waals surface area contributed by atoms with Crippen LogP contribution < -0.4 is 0 Å². The zero-order valence-electron chi connectivity index (χ0n) is 17.7. The van der Waals surface area contributed by atoms with Crippen molar-refractivity contribution in [1.82, 2.24) is 0 Å². The summed E-state index contributed by atoms with van der Waals surface area (Å²) in [6, 6.07) is 10.0. The van der Waals surface area contributed by atoms with Crippen LogP contribution in [0.1, 0.15) is 62.3 Å². The molecule has 0 aromatic heterocycles. The van der Waals surface area contributed by atoms with Gasteiger partial charge in [-0.25, -0.2) is 12.1 Å². The van der Waals surface area contributed by atoms with Crippen molar-refractivity contribution in [1.29, 1.82) is 0 Å². The van der Waals surface area contributed by atoms with Crippen LogP contribution in [0.5, 0.6) is 0 Å². The molecule has 140 valence electrons. The number of rotatable bonds is 7. The Morgan fingerprint density at radius 1 is 0.667 bits per heavy atom. The van der Waals surface area contributed by atoms with E-state index in [1.165, 1.54) is 0 Å². The number of hydrogen-bond acceptors (Lipinski definition) is 0. The van der Waals surface area contributed by atoms with E-state index in [1.807, 2.05) is 30.3 Å². The van der Waals surface area contributed by atoms with Crippen molar-refractivity contribution in [3.8, 4) is 0 Å². The molecule has 3 heteroatoms. The van der Waals surface area contributed by atoms with E-state index >= 15 is 0 Å². The molecule has 0 N–H and O–H groups in total. The summed E-state index contributed by atoms with van der Waals surface area (Å²) in [4.78, 5) is 0. The molecule has 0 atom stereocenters. The predicted octanol–water partition coefficient (Wildman–Crippen LogP) is 7.29. The maximum Gasteiger partial charge on any atom is 6.00 e. The molecule has 1 aromatic rings. The minimum absolute atomic E-state index is 0. The summed E-state index contributed by atoms with van der Waals surface area (Å²) >= 11 is 0. The number of hydrogen-bond donors (Lipinski definition) is 0. The van der Waals surface area contributed by atoms with Gasteiger partial charge in [0.25, 0.3) is 0 Å². The van der Waals surface area contributed by atoms with Gasteiger partial charge in [0, 0.05) is 15.8 Å². The van der Waals surface area contributed by atoms with Crippen LogP contribution in [0.2, 0.25) is 0 Å². The van der Waals surface area contributed by atoms with Gasteiger partial charge < -0.3 is 6.92 Å². The summed E-state index contributed by atoms with van der Waals surface area (Å²) in [6.07, 6.45) is 3.12. The summed E-state index contributed by atoms with van der Waals surface area (Å²) in [5.74, 6) is 0. The summed E-state index contributed by atoms with van der Waals surface area (Å²) in [7, 11) is -0.229. The zero-order chi connectivity index (χ0) is 18.4. The molecule has 0 saturated carbocycles. The second-order valence-electron chi connectivity index (χ2n) is 7.23. The van der Waals surface area contributed by atoms with Gasteiger partial charge in [-0.05, 0) is 55.4 Å². The van der Waals surface area contributed by atoms with E-state index in [0.29, 0.717) is 0 Å². The summed E-state index contributed by atoms with van der Waals surface area (Å²) < 4.78 is 0. The second kappa shape index (κ2) is 18.5. The minimum Gasteiger partial charge on any atom is -0.346 e. The molecule has 24 heavy (non-hydrogen) atoms. The van der Waals surface area contributed by atoms with Gasteiger partial charge in [0.2, 0.25) is 0 Å². The molecule has 0 fully saturated rings. The first kappa shape index (κ1) is 29.5. The van der Waals surface area contributed by atoms with Gasteiger partial charge >= 0.3 is 17.1 Å². The third kappa shape index (κ3) is 15.0. The van der Waals surface area contributed by atoms with E-state index in [4.69, 9.17) is 0 Å². The van der Waals surface area contributed by atoms with Crippen LogP contribution in [0, 0.1) is 6.92 Å². The Kier molecular flexibility index (Phi) is 22.8. The molecule has 0 amide bonds. The summed E-state index contributed by atoms with van der Waals surface area (Å²) in [6.45, 7) is 24.5. The molecule has 1 aromatic carbocycles. The van der Waals surface area contributed by atoms with Crippen LogP contribution in [-0.4, -0.2) is 35.0 Å². The van der Waals surface area contributed by atoms with E-state index in [9.17, 15) is 0 Å². The Morgan fingerprint density at radius 2 is 0.917 bits per heavy atom. The Balaban J connectivity index is -0.000000459. The van der Waals surface area contributed by atoms with Crippen LogP contribution >= 0.6 is 15.8 Å². The fourth-order valence-electron chi connectivity index (χ4n) is 3.10. The fraction of sp³-hybridized carbons (Fsp3) is 0.714. The monoisotopic (exact) mass is 414 g/mol. The van der Waals surface area contributed by atoms with Crippen LogP contribution in [0.15, 0.2) is 30.3 Å². The van der Waals surface area contributed by atoms with Crippen molar-refractivity contribution in [2.24, 2.45) is 0 Å². The van der Waals surface area contributed by atoms with Crippen LogP contribution in [0.3, 0.4) is 0 Å². The maximum absolute atomic E-state index is 3.25. The van der Waals surface area contributed by atoms with Gasteiger partial charge in [0.15, 0.2) is 0 Å². The normalized spacial score (nSPS) is 10.7. The molecule has 0 aliphatic heterocycles. The van der Waals surface area contributed by atoms with Gasteiger partial charge in [0.1, 0.15) is 0 Å². The molecule has 0 nitrogen and oxygen atoms in total. The van der Waals surface area contributed by atoms with Crippen LogP contribution in [-0.2, 0) is 17.1 Å². The first-order valence-corrected chi connectivity index (χ1v) is 13.1. The molecule has 0 saturated heterocycles. The van der Waals surface area contributed by atoms with Crippen molar-refractivity contribution >= 4 is 15.8 Å². The van der Waals surface area contributed by atoms with Crippen molar-refractivity contribution in [2.75, 3.05) is 12.3 Å². The van der Waals surface area contributed by atoms with E-state index in [2.05, 4.69) is 62.3 Å². The van der Waals surface area contributed by atoms with E-state index in [1.54, 1.807) is 19.2 Å². The van der Waals surface area contributed by atoms with E-state index in [-0.39, 0.29) is 32.9 Å². The third-order valence-electron chi connectivity index (χ3n) is 4.22. The fourth-order valence-corrected chi connectivity index (χ4v) is 10.4. The molecule has 0 heterocycles. The van der Waals surface area contributed by atoms with Gasteiger partial charge in [-0.3, -0.25) is 0 Å². The first-order chi connectivity index (χ1) is 10.8. The van der Waals surface area contributed by atoms with Crippen LogP contribution in [0.4, 0.5) is 0 Å². The Labute approximate surface area is 167 Å². The molecule has 0 unspecified atom stereocenters. The third-order valence-corrected chi connectivity index (χ3v) is 12.3. The molecular formula is C21H44FeP2+6. The maximum atomic E-state index is 3.25. The average Bonchev–Trinajstić information content (AvgIpc) is 3.03. The quantitative estimate of drug-likeness (QED) is 0.250. The van der Waals surface area contributed by atoms with Gasteiger partial charge in [0.05, 0.1) is 35.0 Å². The van der Waals surface area contributed by atoms with Crippen LogP contribution in [0.25, 0.3) is 0 Å². The molecule has 0 spiro atoms. The smallest absolute Gasteiger partial charge is 0.346 e. The summed E-state index contributed by atoms with van der Waals surface area (Å²) in [5, 5.41) is 0. The minimum atomic E-state index is -0.114. The van der Waals surface area contributed by atoms with Gasteiger partial charge in [-0.15, -0.1) is 0 Å². The van der Waals surface area contributed by atoms with Gasteiger partial charge in [-0.1, -0.05) is 0 Å². The average molecular weight is 414 g/mol. The summed E-state index contributed by atoms with van der Waals surface area (Å²) in [5.41, 5.74) is 3.81. The van der Waals surface area contributed by atoms with Crippen molar-refractivity contribution in [2.45, 2.75) is 84.9 Å². The van der Waals surface area contributed by atoms with Crippen molar-refractivity contribution in [3.63, 3.8) is 0 Å². The largest absolute Gasteiger partial charge is 6.00 e. The molecule has 0 aliphatic carbocycles. The molecule has 1 rings (SSSR count). The predicted molar refractivity (Wildman–Crippen MR) is 120 cm³/mol. The Hall–Kier alpha value is 0.729. The first-order valence-electron chi connectivity index (χ1n) is 9.35. The molecular weight excluding hydrogens is 370 g/mol. The zero-order valence-corrected chi connectivity index (χ0v) is 20.8. The topological polar surface area (TPSA) is 0 Å². The molecule has 0 radical (unpaired) electrons. The molecule has 0 bridgehead atoms. The standard InChI is InChI=1S/C14H32P2.C5H5.C2H5.Fe/c1-11(2)15(12(3)4)9-10-16(13(5)6)14(7)8;1-2-4-5-3-1;1-2;/h11-14H,9-10H2,1-8H3;1-5H;1H2,2H3;/q;2*-1;+6/p+2. The molecule has 0 aliphatic rings. The Bertz CT molecular complexity index is 265. The van der Waals surface area contributed by atoms with Crippen molar-refractivity contribution < 1.29 is 17.1 Å². The van der Waals surface area contributed by atoms with E-state index < -0.39 is 0 Å². The Morgan fingerprint density at radius 3 is 1.04 bits per heavy atom. The van der Waals surface area contributed by atoms with Crippen molar-refractivity contribution in [3.05, 3.63) is 37.3 Å². The second-order valence-corrected chi connectivity index (χ2v) is 15.1. The SMILES string of the molecule is CC(C)[PH+](CC[PH+](C(C)C)C(C)C)C(C)C.[CH2-]C.[Fe+6].c1cc[cH-]c1. The van der Waals surface area contributed by atoms with E-state index in [0.717, 1.165) is 22.6 Å². The van der Waals surface area contributed by atoms with Gasteiger partial charge in [-0.2, -0.15) is 25.1 Å².